The Morgan fingerprint density at radius 1 is 0.632 bits per heavy atom. The topological polar surface area (TPSA) is 124 Å². The van der Waals surface area contributed by atoms with E-state index in [1.807, 2.05) is 13.8 Å². The summed E-state index contributed by atoms with van der Waals surface area (Å²) in [5, 5.41) is 0. The highest BCUT2D eigenvalue weighted by Gasteiger charge is 2.77. The Morgan fingerprint density at radius 2 is 1.05 bits per heavy atom. The maximum absolute atomic E-state index is 13.4. The van der Waals surface area contributed by atoms with Crippen molar-refractivity contribution >= 4 is 23.9 Å². The summed E-state index contributed by atoms with van der Waals surface area (Å²) in [5.41, 5.74) is -0.367. The molecule has 0 amide bonds. The first kappa shape index (κ1) is 24.3. The molecule has 2 aromatic rings. The highest BCUT2D eigenvalue weighted by Crippen LogP contribution is 2.71. The summed E-state index contributed by atoms with van der Waals surface area (Å²) in [6, 6.07) is 9.99. The van der Waals surface area contributed by atoms with Crippen molar-refractivity contribution in [3.8, 4) is 23.0 Å². The third-order valence-corrected chi connectivity index (χ3v) is 8.14. The molecule has 0 unspecified atom stereocenters. The number of carbonyl (C=O) groups is 4. The van der Waals surface area contributed by atoms with E-state index in [1.54, 1.807) is 36.4 Å². The van der Waals surface area contributed by atoms with E-state index in [0.29, 0.717) is 35.5 Å². The summed E-state index contributed by atoms with van der Waals surface area (Å²) in [4.78, 5) is 51.0. The fourth-order valence-corrected chi connectivity index (χ4v) is 6.61. The SMILES string of the molecule is CC12c3ccc4cc3OC(=O)C1C1(C)c3ccc(cc3OC(=O)C21)OCC(=O)OCCCCOC(=O)CO4. The fraction of sp³-hybridized carbons (Fsp3) is 0.429. The van der Waals surface area contributed by atoms with Crippen molar-refractivity contribution in [1.82, 2.24) is 0 Å². The molecule has 6 aliphatic rings. The maximum Gasteiger partial charge on any atom is 0.344 e. The second kappa shape index (κ2) is 8.75. The number of hydrogen-bond donors (Lipinski definition) is 0. The van der Waals surface area contributed by atoms with Crippen molar-refractivity contribution in [3.63, 3.8) is 0 Å². The van der Waals surface area contributed by atoms with Gasteiger partial charge < -0.3 is 28.4 Å². The van der Waals surface area contributed by atoms with Crippen LogP contribution < -0.4 is 18.9 Å². The van der Waals surface area contributed by atoms with Crippen LogP contribution in [0.15, 0.2) is 36.4 Å². The molecule has 10 nitrogen and oxygen atoms in total. The number of carbonyl (C=O) groups excluding carboxylic acids is 4. The van der Waals surface area contributed by atoms with Gasteiger partial charge >= 0.3 is 23.9 Å². The van der Waals surface area contributed by atoms with Crippen molar-refractivity contribution in [2.24, 2.45) is 11.8 Å². The highest BCUT2D eigenvalue weighted by molar-refractivity contribution is 5.94. The second-order valence-corrected chi connectivity index (χ2v) is 10.3. The molecule has 2 aromatic carbocycles. The Hall–Kier alpha value is -4.08. The smallest absolute Gasteiger partial charge is 0.344 e. The van der Waals surface area contributed by atoms with E-state index >= 15 is 0 Å². The minimum Gasteiger partial charge on any atom is -0.482 e. The molecule has 0 aromatic heterocycles. The van der Waals surface area contributed by atoms with Gasteiger partial charge in [0.25, 0.3) is 0 Å². The van der Waals surface area contributed by atoms with Gasteiger partial charge in [0, 0.05) is 34.1 Å². The minimum absolute atomic E-state index is 0.154. The zero-order valence-electron chi connectivity index (χ0n) is 20.9. The molecule has 0 atom stereocenters. The summed E-state index contributed by atoms with van der Waals surface area (Å²) < 4.78 is 33.0. The predicted octanol–water partition coefficient (Wildman–Crippen LogP) is 2.62. The fourth-order valence-electron chi connectivity index (χ4n) is 6.61. The van der Waals surface area contributed by atoms with Gasteiger partial charge in [0.15, 0.2) is 13.2 Å². The summed E-state index contributed by atoms with van der Waals surface area (Å²) in [5.74, 6) is -2.12. The first-order valence-corrected chi connectivity index (χ1v) is 12.5. The van der Waals surface area contributed by atoms with Crippen molar-refractivity contribution in [1.29, 1.82) is 0 Å². The standard InChI is InChI=1S/C28H26O10/c1-27-17-7-5-15-11-19(17)37-25(31)23(27)28(2)18-8-6-16(12-20(18)38-26(32)24(27)28)36-14-22(30)34-10-4-3-9-33-21(29)13-35-15/h5-8,11-12,23-24H,3-4,9-10,13-14H2,1-2H3. The van der Waals surface area contributed by atoms with Crippen molar-refractivity contribution in [3.05, 3.63) is 47.5 Å². The number of rotatable bonds is 0. The first-order chi connectivity index (χ1) is 18.2. The molecule has 5 aliphatic heterocycles. The van der Waals surface area contributed by atoms with E-state index < -0.39 is 46.5 Å². The summed E-state index contributed by atoms with van der Waals surface area (Å²) in [6.45, 7) is 3.40. The molecule has 10 heteroatoms. The molecular weight excluding hydrogens is 496 g/mol. The third kappa shape index (κ3) is 3.53. The second-order valence-electron chi connectivity index (χ2n) is 10.3. The Labute approximate surface area is 218 Å². The van der Waals surface area contributed by atoms with Crippen LogP contribution in [0, 0.1) is 11.8 Å². The average Bonchev–Trinajstić information content (AvgIpc) is 2.86. The Balaban J connectivity index is 1.39. The van der Waals surface area contributed by atoms with Gasteiger partial charge in [-0.1, -0.05) is 26.0 Å². The third-order valence-electron chi connectivity index (χ3n) is 8.14. The molecule has 5 heterocycles. The van der Waals surface area contributed by atoms with Gasteiger partial charge in [-0.2, -0.15) is 0 Å². The molecule has 0 saturated heterocycles. The lowest BCUT2D eigenvalue weighted by molar-refractivity contribution is -0.184. The van der Waals surface area contributed by atoms with Crippen LogP contribution in [0.4, 0.5) is 0 Å². The van der Waals surface area contributed by atoms with Gasteiger partial charge in [-0.25, -0.2) is 9.59 Å². The predicted molar refractivity (Wildman–Crippen MR) is 128 cm³/mol. The molecular formula is C28H26O10. The molecule has 1 aliphatic carbocycles. The zero-order chi connectivity index (χ0) is 26.7. The molecule has 0 radical (unpaired) electrons. The van der Waals surface area contributed by atoms with E-state index in [9.17, 15) is 19.2 Å². The number of esters is 4. The molecule has 198 valence electrons. The Kier molecular flexibility index (Phi) is 5.59. The van der Waals surface area contributed by atoms with Crippen LogP contribution in [0.2, 0.25) is 0 Å². The molecule has 1 saturated carbocycles. The Morgan fingerprint density at radius 3 is 1.47 bits per heavy atom. The van der Waals surface area contributed by atoms with Crippen LogP contribution in [-0.4, -0.2) is 50.3 Å². The molecule has 1 fully saturated rings. The van der Waals surface area contributed by atoms with Gasteiger partial charge in [0.05, 0.1) is 25.0 Å². The van der Waals surface area contributed by atoms with Crippen molar-refractivity contribution < 1.29 is 47.6 Å². The largest absolute Gasteiger partial charge is 0.482 e. The molecule has 8 rings (SSSR count). The van der Waals surface area contributed by atoms with Gasteiger partial charge in [-0.05, 0) is 25.0 Å². The lowest BCUT2D eigenvalue weighted by Gasteiger charge is -2.66. The highest BCUT2D eigenvalue weighted by atomic mass is 16.6. The van der Waals surface area contributed by atoms with Crippen LogP contribution >= 0.6 is 0 Å². The van der Waals surface area contributed by atoms with Gasteiger partial charge in [0.1, 0.15) is 23.0 Å². The van der Waals surface area contributed by atoms with Crippen molar-refractivity contribution in [2.75, 3.05) is 26.4 Å². The van der Waals surface area contributed by atoms with Gasteiger partial charge in [-0.15, -0.1) is 0 Å². The Bertz CT molecular complexity index is 1250. The van der Waals surface area contributed by atoms with Crippen molar-refractivity contribution in [2.45, 2.75) is 37.5 Å². The minimum atomic E-state index is -0.875. The summed E-state index contributed by atoms with van der Waals surface area (Å²) >= 11 is 0. The van der Waals surface area contributed by atoms with Gasteiger partial charge in [-0.3, -0.25) is 9.59 Å². The maximum atomic E-state index is 13.4. The molecule has 0 N–H and O–H groups in total. The van der Waals surface area contributed by atoms with Crippen LogP contribution in [0.25, 0.3) is 0 Å². The van der Waals surface area contributed by atoms with E-state index in [-0.39, 0.29) is 37.9 Å². The number of ether oxygens (including phenoxy) is 6. The van der Waals surface area contributed by atoms with Crippen LogP contribution in [0.3, 0.4) is 0 Å². The zero-order valence-corrected chi connectivity index (χ0v) is 20.9. The number of fused-ring (bicyclic) bond motifs is 2. The van der Waals surface area contributed by atoms with Crippen LogP contribution in [0.1, 0.15) is 37.8 Å². The summed E-state index contributed by atoms with van der Waals surface area (Å²) in [7, 11) is 0. The quantitative estimate of drug-likeness (QED) is 0.377. The molecule has 0 spiro atoms. The number of benzene rings is 2. The van der Waals surface area contributed by atoms with E-state index in [4.69, 9.17) is 28.4 Å². The lowest BCUT2D eigenvalue weighted by Crippen LogP contribution is -2.75. The van der Waals surface area contributed by atoms with Gasteiger partial charge in [0.2, 0.25) is 0 Å². The first-order valence-electron chi connectivity index (χ1n) is 12.5. The van der Waals surface area contributed by atoms with E-state index in [0.717, 1.165) is 0 Å². The number of hydrogen-bond acceptors (Lipinski definition) is 10. The van der Waals surface area contributed by atoms with Crippen LogP contribution in [0.5, 0.6) is 23.0 Å². The average molecular weight is 523 g/mol. The lowest BCUT2D eigenvalue weighted by atomic mass is 9.35. The molecule has 38 heavy (non-hydrogen) atoms. The van der Waals surface area contributed by atoms with Crippen LogP contribution in [-0.2, 0) is 39.5 Å². The molecule has 10 bridgehead atoms. The van der Waals surface area contributed by atoms with E-state index in [1.165, 1.54) is 0 Å². The normalized spacial score (nSPS) is 30.4. The monoisotopic (exact) mass is 522 g/mol. The van der Waals surface area contributed by atoms with E-state index in [2.05, 4.69) is 0 Å². The summed E-state index contributed by atoms with van der Waals surface area (Å²) in [6.07, 6.45) is 1.01.